The molecule has 0 unspecified atom stereocenters. The molecule has 1 rings (SSSR count). The van der Waals surface area contributed by atoms with Gasteiger partial charge in [0.05, 0.1) is 0 Å². The molecule has 2 heteroatoms. The maximum atomic E-state index is 13.8. The van der Waals surface area contributed by atoms with Gasteiger partial charge >= 0.3 is 0 Å². The Labute approximate surface area is 108 Å². The van der Waals surface area contributed by atoms with E-state index in [1.807, 2.05) is 13.0 Å². The molecule has 94 valence electrons. The van der Waals surface area contributed by atoms with Crippen molar-refractivity contribution in [2.45, 2.75) is 20.3 Å². The van der Waals surface area contributed by atoms with Crippen molar-refractivity contribution in [2.24, 2.45) is 4.99 Å². The van der Waals surface area contributed by atoms with Crippen molar-refractivity contribution < 1.29 is 4.39 Å². The first-order valence-corrected chi connectivity index (χ1v) is 5.90. The molecule has 0 atom stereocenters. The minimum Gasteiger partial charge on any atom is -0.261 e. The van der Waals surface area contributed by atoms with Crippen molar-refractivity contribution in [3.05, 3.63) is 72.2 Å². The Bertz CT molecular complexity index is 510. The van der Waals surface area contributed by atoms with E-state index in [1.165, 1.54) is 6.07 Å². The number of benzene rings is 1. The van der Waals surface area contributed by atoms with E-state index < -0.39 is 0 Å². The summed E-state index contributed by atoms with van der Waals surface area (Å²) in [5, 5.41) is 0. The van der Waals surface area contributed by atoms with Crippen LogP contribution in [0, 0.1) is 5.82 Å². The molecule has 0 N–H and O–H groups in total. The summed E-state index contributed by atoms with van der Waals surface area (Å²) in [7, 11) is 0. The first-order valence-electron chi connectivity index (χ1n) is 5.90. The Morgan fingerprint density at radius 3 is 2.78 bits per heavy atom. The minimum absolute atomic E-state index is 0.230. The van der Waals surface area contributed by atoms with E-state index >= 15 is 0 Å². The summed E-state index contributed by atoms with van der Waals surface area (Å²) in [4.78, 5) is 4.24. The highest BCUT2D eigenvalue weighted by Crippen LogP contribution is 2.15. The second-order valence-corrected chi connectivity index (χ2v) is 3.94. The fourth-order valence-electron chi connectivity index (χ4n) is 1.65. The van der Waals surface area contributed by atoms with E-state index in [-0.39, 0.29) is 5.82 Å². The minimum atomic E-state index is -0.230. The molecule has 0 heterocycles. The van der Waals surface area contributed by atoms with Crippen LogP contribution in [0.4, 0.5) is 4.39 Å². The van der Waals surface area contributed by atoms with Gasteiger partial charge in [0, 0.05) is 17.5 Å². The number of aliphatic imine (C=N–C) groups is 1. The first-order chi connectivity index (χ1) is 8.60. The van der Waals surface area contributed by atoms with Gasteiger partial charge in [-0.2, -0.15) is 0 Å². The molecule has 0 aliphatic carbocycles. The number of aryl methyl sites for hydroxylation is 1. The third-order valence-electron chi connectivity index (χ3n) is 2.66. The molecule has 1 aromatic carbocycles. The Morgan fingerprint density at radius 2 is 2.17 bits per heavy atom. The van der Waals surface area contributed by atoms with Crippen LogP contribution < -0.4 is 0 Å². The fourth-order valence-corrected chi connectivity index (χ4v) is 1.65. The Kier molecular flexibility index (Phi) is 5.25. The summed E-state index contributed by atoms with van der Waals surface area (Å²) in [6.45, 7) is 11.1. The van der Waals surface area contributed by atoms with Crippen LogP contribution in [0.1, 0.15) is 25.0 Å². The van der Waals surface area contributed by atoms with E-state index in [4.69, 9.17) is 0 Å². The topological polar surface area (TPSA) is 12.4 Å². The van der Waals surface area contributed by atoms with Crippen LogP contribution >= 0.6 is 0 Å². The number of hydrogen-bond donors (Lipinski definition) is 0. The summed E-state index contributed by atoms with van der Waals surface area (Å²) in [6.07, 6.45) is 5.78. The quantitative estimate of drug-likeness (QED) is 0.535. The van der Waals surface area contributed by atoms with Crippen LogP contribution in [0.3, 0.4) is 0 Å². The van der Waals surface area contributed by atoms with Gasteiger partial charge in [-0.1, -0.05) is 38.3 Å². The van der Waals surface area contributed by atoms with Crippen molar-refractivity contribution in [2.75, 3.05) is 0 Å². The lowest BCUT2D eigenvalue weighted by atomic mass is 10.0. The predicted octanol–water partition coefficient (Wildman–Crippen LogP) is 4.45. The molecule has 0 saturated carbocycles. The van der Waals surface area contributed by atoms with Crippen LogP contribution in [0.15, 0.2) is 60.3 Å². The van der Waals surface area contributed by atoms with Gasteiger partial charge in [-0.3, -0.25) is 4.99 Å². The SMILES string of the molecule is C=CC(=C)/C=C\N=C(/C)c1c(F)cccc1CC. The molecule has 0 spiro atoms. The average Bonchev–Trinajstić information content (AvgIpc) is 2.37. The van der Waals surface area contributed by atoms with Crippen molar-refractivity contribution in [3.63, 3.8) is 0 Å². The monoisotopic (exact) mass is 243 g/mol. The summed E-state index contributed by atoms with van der Waals surface area (Å²) in [6, 6.07) is 5.10. The molecule has 0 bridgehead atoms. The number of allylic oxidation sites excluding steroid dienone is 3. The van der Waals surface area contributed by atoms with Gasteiger partial charge in [0.25, 0.3) is 0 Å². The predicted molar refractivity (Wildman–Crippen MR) is 76.5 cm³/mol. The molecule has 1 aromatic rings. The third kappa shape index (κ3) is 3.52. The van der Waals surface area contributed by atoms with Crippen LogP contribution in [0.25, 0.3) is 0 Å². The summed E-state index contributed by atoms with van der Waals surface area (Å²) in [5.74, 6) is -0.230. The highest BCUT2D eigenvalue weighted by Gasteiger charge is 2.09. The first kappa shape index (κ1) is 14.1. The molecule has 0 aromatic heterocycles. The van der Waals surface area contributed by atoms with Gasteiger partial charge < -0.3 is 0 Å². The van der Waals surface area contributed by atoms with Crippen molar-refractivity contribution >= 4 is 5.71 Å². The third-order valence-corrected chi connectivity index (χ3v) is 2.66. The number of rotatable bonds is 5. The fraction of sp³-hybridized carbons (Fsp3) is 0.188. The lowest BCUT2D eigenvalue weighted by molar-refractivity contribution is 0.623. The Balaban J connectivity index is 3.06. The lowest BCUT2D eigenvalue weighted by Crippen LogP contribution is -2.03. The highest BCUT2D eigenvalue weighted by molar-refractivity contribution is 6.00. The molecule has 0 aliphatic heterocycles. The van der Waals surface area contributed by atoms with Crippen molar-refractivity contribution in [3.8, 4) is 0 Å². The Hall–Kier alpha value is -1.96. The van der Waals surface area contributed by atoms with E-state index in [2.05, 4.69) is 18.2 Å². The molecule has 0 fully saturated rings. The lowest BCUT2D eigenvalue weighted by Gasteiger charge is -2.07. The average molecular weight is 243 g/mol. The normalized spacial score (nSPS) is 11.8. The van der Waals surface area contributed by atoms with E-state index in [1.54, 1.807) is 31.3 Å². The van der Waals surface area contributed by atoms with E-state index in [9.17, 15) is 4.39 Å². The molecule has 0 radical (unpaired) electrons. The van der Waals surface area contributed by atoms with Crippen LogP contribution in [-0.4, -0.2) is 5.71 Å². The zero-order chi connectivity index (χ0) is 13.5. The second kappa shape index (κ2) is 6.70. The number of halogens is 1. The number of nitrogens with zero attached hydrogens (tertiary/aromatic N) is 1. The molecule has 1 nitrogen and oxygen atoms in total. The van der Waals surface area contributed by atoms with Gasteiger partial charge in [-0.15, -0.1) is 0 Å². The van der Waals surface area contributed by atoms with E-state index in [0.717, 1.165) is 17.6 Å². The largest absolute Gasteiger partial charge is 0.261 e. The van der Waals surface area contributed by atoms with Gasteiger partial charge in [0.2, 0.25) is 0 Å². The summed E-state index contributed by atoms with van der Waals surface area (Å²) < 4.78 is 13.8. The molecular weight excluding hydrogens is 225 g/mol. The number of hydrogen-bond acceptors (Lipinski definition) is 1. The molecule has 18 heavy (non-hydrogen) atoms. The van der Waals surface area contributed by atoms with Crippen molar-refractivity contribution in [1.82, 2.24) is 0 Å². The molecule has 0 aliphatic rings. The smallest absolute Gasteiger partial charge is 0.132 e. The zero-order valence-corrected chi connectivity index (χ0v) is 10.9. The van der Waals surface area contributed by atoms with Gasteiger partial charge in [0.15, 0.2) is 0 Å². The molecule has 0 saturated heterocycles. The van der Waals surface area contributed by atoms with Crippen molar-refractivity contribution in [1.29, 1.82) is 0 Å². The summed E-state index contributed by atoms with van der Waals surface area (Å²) in [5.41, 5.74) is 3.00. The Morgan fingerprint density at radius 1 is 1.44 bits per heavy atom. The van der Waals surface area contributed by atoms with Gasteiger partial charge in [0.1, 0.15) is 5.82 Å². The van der Waals surface area contributed by atoms with Crippen LogP contribution in [0.5, 0.6) is 0 Å². The van der Waals surface area contributed by atoms with Crippen LogP contribution in [0.2, 0.25) is 0 Å². The molecule has 0 amide bonds. The maximum absolute atomic E-state index is 13.8. The second-order valence-electron chi connectivity index (χ2n) is 3.94. The zero-order valence-electron chi connectivity index (χ0n) is 10.9. The maximum Gasteiger partial charge on any atom is 0.132 e. The summed E-state index contributed by atoms with van der Waals surface area (Å²) >= 11 is 0. The van der Waals surface area contributed by atoms with Crippen LogP contribution in [-0.2, 0) is 6.42 Å². The standard InChI is InChI=1S/C16H18FN/c1-5-12(3)10-11-18-13(4)16-14(6-2)8-7-9-15(16)17/h5,7-11H,1,3,6H2,2,4H3/b11-10-,18-13+. The van der Waals surface area contributed by atoms with Gasteiger partial charge in [-0.25, -0.2) is 4.39 Å². The molecular formula is C16H18FN. The van der Waals surface area contributed by atoms with Gasteiger partial charge in [-0.05, 0) is 36.6 Å². The van der Waals surface area contributed by atoms with E-state index in [0.29, 0.717) is 11.3 Å². The highest BCUT2D eigenvalue weighted by atomic mass is 19.1.